The monoisotopic (exact) mass is 450 g/mol. The predicted octanol–water partition coefficient (Wildman–Crippen LogP) is 2.81. The number of rotatable bonds is 7. The topological polar surface area (TPSA) is 182 Å². The van der Waals surface area contributed by atoms with Gasteiger partial charge in [0.05, 0.1) is 4.92 Å². The molecule has 2 aromatic carbocycles. The molecule has 0 aliphatic rings. The summed E-state index contributed by atoms with van der Waals surface area (Å²) < 4.78 is 0. The Bertz CT molecular complexity index is 1410. The highest BCUT2D eigenvalue weighted by atomic mass is 16.6. The molecule has 4 rings (SSSR count). The maximum atomic E-state index is 12.7. The minimum Gasteiger partial charge on any atom is -0.465 e. The third-order valence-electron chi connectivity index (χ3n) is 4.87. The lowest BCUT2D eigenvalue weighted by Gasteiger charge is -2.03. The fraction of sp³-hybridized carbons (Fsp3) is 0.0952. The first-order chi connectivity index (χ1) is 15.8. The quantitative estimate of drug-likeness (QED) is 0.143. The summed E-state index contributed by atoms with van der Waals surface area (Å²) in [6.07, 6.45) is -1.17. The van der Waals surface area contributed by atoms with Gasteiger partial charge < -0.3 is 31.0 Å². The van der Waals surface area contributed by atoms with Crippen molar-refractivity contribution in [1.82, 2.24) is 20.6 Å². The number of nitro groups is 1. The number of anilines is 1. The van der Waals surface area contributed by atoms with Crippen LogP contribution in [0.15, 0.2) is 48.5 Å². The molecule has 0 aliphatic carbocycles. The SMILES string of the molecule is O=C(O)NCCNC(=O)c1cc2cc(NC(=O)c3cc4cc([N+](=O)[O-])ccc4[nH]3)ccc2[nH]1. The number of aromatic nitrogens is 2. The number of carbonyl (C=O) groups is 3. The Morgan fingerprint density at radius 2 is 1.45 bits per heavy atom. The second-order valence-electron chi connectivity index (χ2n) is 7.14. The predicted molar refractivity (Wildman–Crippen MR) is 120 cm³/mol. The number of benzene rings is 2. The van der Waals surface area contributed by atoms with Crippen molar-refractivity contribution in [3.05, 3.63) is 70.0 Å². The van der Waals surface area contributed by atoms with E-state index in [1.165, 1.54) is 18.2 Å². The van der Waals surface area contributed by atoms with Crippen molar-refractivity contribution in [3.63, 3.8) is 0 Å². The van der Waals surface area contributed by atoms with E-state index in [4.69, 9.17) is 5.11 Å². The van der Waals surface area contributed by atoms with Crippen LogP contribution in [0.25, 0.3) is 21.8 Å². The summed E-state index contributed by atoms with van der Waals surface area (Å²) in [6.45, 7) is 0.216. The molecule has 0 bridgehead atoms. The highest BCUT2D eigenvalue weighted by molar-refractivity contribution is 6.07. The van der Waals surface area contributed by atoms with Crippen molar-refractivity contribution >= 4 is 51.1 Å². The number of nitrogens with zero attached hydrogens (tertiary/aromatic N) is 1. The van der Waals surface area contributed by atoms with Crippen molar-refractivity contribution in [2.24, 2.45) is 0 Å². The van der Waals surface area contributed by atoms with Gasteiger partial charge in [0, 0.05) is 52.7 Å². The summed E-state index contributed by atoms with van der Waals surface area (Å²) in [6, 6.07) is 12.5. The van der Waals surface area contributed by atoms with Crippen LogP contribution in [-0.2, 0) is 0 Å². The number of aromatic amines is 2. The van der Waals surface area contributed by atoms with Crippen LogP contribution in [-0.4, -0.2) is 51.0 Å². The number of H-pyrrole nitrogens is 2. The van der Waals surface area contributed by atoms with Crippen LogP contribution in [0.1, 0.15) is 21.0 Å². The van der Waals surface area contributed by atoms with E-state index >= 15 is 0 Å². The van der Waals surface area contributed by atoms with E-state index in [9.17, 15) is 24.5 Å². The average Bonchev–Trinajstić information content (AvgIpc) is 3.39. The zero-order chi connectivity index (χ0) is 23.5. The Morgan fingerprint density at radius 1 is 0.848 bits per heavy atom. The molecule has 6 N–H and O–H groups in total. The zero-order valence-corrected chi connectivity index (χ0v) is 17.0. The fourth-order valence-electron chi connectivity index (χ4n) is 3.33. The molecule has 0 radical (unpaired) electrons. The smallest absolute Gasteiger partial charge is 0.404 e. The van der Waals surface area contributed by atoms with Gasteiger partial charge in [-0.15, -0.1) is 0 Å². The molecule has 12 heteroatoms. The molecule has 0 spiro atoms. The lowest BCUT2D eigenvalue weighted by molar-refractivity contribution is -0.384. The summed E-state index contributed by atoms with van der Waals surface area (Å²) >= 11 is 0. The van der Waals surface area contributed by atoms with Gasteiger partial charge in [-0.1, -0.05) is 0 Å². The highest BCUT2D eigenvalue weighted by Gasteiger charge is 2.14. The van der Waals surface area contributed by atoms with E-state index in [1.807, 2.05) is 0 Å². The molecule has 0 aliphatic heterocycles. The average molecular weight is 450 g/mol. The van der Waals surface area contributed by atoms with Gasteiger partial charge in [0.2, 0.25) is 0 Å². The summed E-state index contributed by atoms with van der Waals surface area (Å²) in [7, 11) is 0. The molecular formula is C21H18N6O6. The number of carboxylic acid groups (broad SMARTS) is 1. The minimum absolute atomic E-state index is 0.0654. The van der Waals surface area contributed by atoms with Gasteiger partial charge in [0.1, 0.15) is 11.4 Å². The van der Waals surface area contributed by atoms with Gasteiger partial charge in [-0.3, -0.25) is 19.7 Å². The first kappa shape index (κ1) is 21.4. The van der Waals surface area contributed by atoms with E-state index in [1.54, 1.807) is 30.3 Å². The van der Waals surface area contributed by atoms with Crippen molar-refractivity contribution in [2.75, 3.05) is 18.4 Å². The maximum Gasteiger partial charge on any atom is 0.404 e. The number of non-ortho nitro benzene ring substituents is 1. The number of nitrogens with one attached hydrogen (secondary N) is 5. The molecule has 0 saturated heterocycles. The molecule has 3 amide bonds. The molecule has 0 unspecified atom stereocenters. The number of carbonyl (C=O) groups excluding carboxylic acids is 2. The van der Waals surface area contributed by atoms with Gasteiger partial charge in [0.25, 0.3) is 17.5 Å². The maximum absolute atomic E-state index is 12.7. The van der Waals surface area contributed by atoms with Gasteiger partial charge in [-0.05, 0) is 36.4 Å². The highest BCUT2D eigenvalue weighted by Crippen LogP contribution is 2.23. The second kappa shape index (κ2) is 8.70. The van der Waals surface area contributed by atoms with Crippen LogP contribution in [0.3, 0.4) is 0 Å². The number of nitro benzene ring substituents is 1. The van der Waals surface area contributed by atoms with E-state index in [0.29, 0.717) is 33.2 Å². The molecule has 0 fully saturated rings. The Labute approximate surface area is 185 Å². The van der Waals surface area contributed by atoms with Crippen LogP contribution in [0.4, 0.5) is 16.2 Å². The molecule has 2 aromatic heterocycles. The number of amides is 3. The lowest BCUT2D eigenvalue weighted by atomic mass is 10.2. The van der Waals surface area contributed by atoms with Crippen LogP contribution >= 0.6 is 0 Å². The molecule has 168 valence electrons. The van der Waals surface area contributed by atoms with Gasteiger partial charge in [-0.25, -0.2) is 4.79 Å². The molecular weight excluding hydrogens is 432 g/mol. The molecule has 0 saturated carbocycles. The molecule has 4 aromatic rings. The van der Waals surface area contributed by atoms with Crippen molar-refractivity contribution < 1.29 is 24.4 Å². The summed E-state index contributed by atoms with van der Waals surface area (Å²) in [5.41, 5.74) is 2.25. The van der Waals surface area contributed by atoms with E-state index in [0.717, 1.165) is 0 Å². The van der Waals surface area contributed by atoms with Crippen molar-refractivity contribution in [1.29, 1.82) is 0 Å². The number of hydrogen-bond acceptors (Lipinski definition) is 5. The summed E-state index contributed by atoms with van der Waals surface area (Å²) in [5, 5.41) is 28.2. The Hall–Kier alpha value is -4.87. The number of fused-ring (bicyclic) bond motifs is 2. The van der Waals surface area contributed by atoms with Gasteiger partial charge in [-0.2, -0.15) is 0 Å². The Kier molecular flexibility index (Phi) is 5.64. The zero-order valence-electron chi connectivity index (χ0n) is 17.0. The Morgan fingerprint density at radius 3 is 2.12 bits per heavy atom. The Balaban J connectivity index is 1.46. The van der Waals surface area contributed by atoms with Crippen LogP contribution in [0.2, 0.25) is 0 Å². The summed E-state index contributed by atoms with van der Waals surface area (Å²) in [5.74, 6) is -0.816. The van der Waals surface area contributed by atoms with E-state index in [-0.39, 0.29) is 24.5 Å². The van der Waals surface area contributed by atoms with Crippen LogP contribution in [0, 0.1) is 10.1 Å². The third kappa shape index (κ3) is 4.74. The van der Waals surface area contributed by atoms with Gasteiger partial charge in [0.15, 0.2) is 0 Å². The first-order valence-electron chi connectivity index (χ1n) is 9.76. The van der Waals surface area contributed by atoms with E-state index in [2.05, 4.69) is 25.9 Å². The first-order valence-corrected chi connectivity index (χ1v) is 9.76. The summed E-state index contributed by atoms with van der Waals surface area (Å²) in [4.78, 5) is 51.6. The van der Waals surface area contributed by atoms with Crippen LogP contribution < -0.4 is 16.0 Å². The van der Waals surface area contributed by atoms with Crippen LogP contribution in [0.5, 0.6) is 0 Å². The van der Waals surface area contributed by atoms with E-state index < -0.39 is 22.8 Å². The third-order valence-corrected chi connectivity index (χ3v) is 4.87. The van der Waals surface area contributed by atoms with Crippen molar-refractivity contribution in [2.45, 2.75) is 0 Å². The molecule has 0 atom stereocenters. The van der Waals surface area contributed by atoms with Gasteiger partial charge >= 0.3 is 6.09 Å². The molecule has 33 heavy (non-hydrogen) atoms. The molecule has 12 nitrogen and oxygen atoms in total. The lowest BCUT2D eigenvalue weighted by Crippen LogP contribution is -2.34. The minimum atomic E-state index is -1.17. The fourth-order valence-corrected chi connectivity index (χ4v) is 3.33. The molecule has 2 heterocycles. The largest absolute Gasteiger partial charge is 0.465 e. The van der Waals surface area contributed by atoms with Crippen molar-refractivity contribution in [3.8, 4) is 0 Å². The second-order valence-corrected chi connectivity index (χ2v) is 7.14. The number of hydrogen-bond donors (Lipinski definition) is 6. The standard InChI is InChI=1S/C21H18N6O6/c28-19(22-5-6-23-21(30)31)17-9-11-7-13(1-3-15(11)25-17)24-20(29)18-10-12-8-14(27(32)33)2-4-16(12)26-18/h1-4,7-10,23,25-26H,5-6H2,(H,22,28)(H,24,29)(H,30,31). The normalized spacial score (nSPS) is 10.8.